The fourth-order valence-electron chi connectivity index (χ4n) is 7.31. The number of piperidine rings is 1. The Bertz CT molecular complexity index is 2090. The third-order valence-corrected chi connectivity index (χ3v) is 10.4. The first-order chi connectivity index (χ1) is 24.2. The normalized spacial score (nSPS) is 16.0. The molecule has 5 aromatic rings. The van der Waals surface area contributed by atoms with Gasteiger partial charge in [0.25, 0.3) is 0 Å². The van der Waals surface area contributed by atoms with Crippen LogP contribution in [0.5, 0.6) is 11.5 Å². The van der Waals surface area contributed by atoms with Gasteiger partial charge >= 0.3 is 12.4 Å². The monoisotopic (exact) mass is 719 g/mol. The molecule has 2 aliphatic heterocycles. The lowest BCUT2D eigenvalue weighted by Crippen LogP contribution is -2.47. The molecule has 0 radical (unpaired) electrons. The Morgan fingerprint density at radius 1 is 0.980 bits per heavy atom. The fraction of sp³-hybridized carbons (Fsp3) is 0.316. The van der Waals surface area contributed by atoms with Crippen molar-refractivity contribution in [3.8, 4) is 22.1 Å². The molecule has 0 bridgehead atoms. The number of benzene rings is 4. The summed E-state index contributed by atoms with van der Waals surface area (Å²) in [6.07, 6.45) is -3.17. The summed E-state index contributed by atoms with van der Waals surface area (Å²) < 4.78 is 56.7. The maximum Gasteiger partial charge on any atom is 0.573 e. The molecule has 3 N–H and O–H groups in total. The summed E-state index contributed by atoms with van der Waals surface area (Å²) in [7, 11) is 0. The van der Waals surface area contributed by atoms with Crippen LogP contribution < -0.4 is 20.3 Å². The predicted molar refractivity (Wildman–Crippen MR) is 193 cm³/mol. The van der Waals surface area contributed by atoms with E-state index in [0.717, 1.165) is 65.4 Å². The molecule has 1 spiro atoms. The molecule has 1 aromatic heterocycles. The summed E-state index contributed by atoms with van der Waals surface area (Å²) in [6, 6.07) is 19.7. The zero-order valence-corrected chi connectivity index (χ0v) is 29.1. The van der Waals surface area contributed by atoms with Gasteiger partial charge in [0.15, 0.2) is 0 Å². The maximum atomic E-state index is 14.2. The van der Waals surface area contributed by atoms with E-state index >= 15 is 0 Å². The second-order valence-electron chi connectivity index (χ2n) is 14.4. The molecule has 8 nitrogen and oxygen atoms in total. The molecule has 2 aliphatic rings. The lowest BCUT2D eigenvalue weighted by atomic mass is 9.72. The van der Waals surface area contributed by atoms with Gasteiger partial charge in [0.05, 0.1) is 27.3 Å². The maximum absolute atomic E-state index is 14.2. The van der Waals surface area contributed by atoms with Crippen LogP contribution in [0.2, 0.25) is 0 Å². The van der Waals surface area contributed by atoms with Gasteiger partial charge in [-0.1, -0.05) is 32.9 Å². The zero-order chi connectivity index (χ0) is 36.1. The summed E-state index contributed by atoms with van der Waals surface area (Å²) in [6.45, 7) is 9.90. The number of phenolic OH excluding ortho intramolecular Hbond substituents is 1. The highest BCUT2D eigenvalue weighted by molar-refractivity contribution is 7.21. The molecule has 4 aromatic carbocycles. The van der Waals surface area contributed by atoms with Crippen LogP contribution >= 0.6 is 11.3 Å². The van der Waals surface area contributed by atoms with Gasteiger partial charge in [0, 0.05) is 35.8 Å². The Balaban J connectivity index is 1.24. The van der Waals surface area contributed by atoms with Crippen molar-refractivity contribution < 1.29 is 32.2 Å². The second-order valence-corrected chi connectivity index (χ2v) is 15.4. The number of nitrogens with zero attached hydrogens (tertiary/aromatic N) is 3. The number of amides is 2. The number of alkyl halides is 3. The highest BCUT2D eigenvalue weighted by atomic mass is 32.1. The molecule has 13 heteroatoms. The number of rotatable bonds is 6. The number of phenols is 1. The first-order valence-electron chi connectivity index (χ1n) is 16.6. The second kappa shape index (κ2) is 13.0. The van der Waals surface area contributed by atoms with Crippen LogP contribution in [0.1, 0.15) is 39.2 Å². The van der Waals surface area contributed by atoms with Gasteiger partial charge in [0.2, 0.25) is 0 Å². The van der Waals surface area contributed by atoms with E-state index in [-0.39, 0.29) is 28.1 Å². The minimum absolute atomic E-state index is 0.0929. The topological polar surface area (TPSA) is 90.0 Å². The van der Waals surface area contributed by atoms with Crippen molar-refractivity contribution in [1.29, 1.82) is 0 Å². The van der Waals surface area contributed by atoms with Crippen molar-refractivity contribution >= 4 is 50.3 Å². The van der Waals surface area contributed by atoms with E-state index in [2.05, 4.69) is 45.9 Å². The van der Waals surface area contributed by atoms with Crippen molar-refractivity contribution in [3.05, 3.63) is 90.2 Å². The lowest BCUT2D eigenvalue weighted by Gasteiger charge is -2.42. The van der Waals surface area contributed by atoms with Crippen LogP contribution in [-0.4, -0.2) is 53.6 Å². The Labute approximate surface area is 296 Å². The van der Waals surface area contributed by atoms with Gasteiger partial charge < -0.3 is 30.3 Å². The molecule has 2 amide bonds. The Morgan fingerprint density at radius 3 is 2.41 bits per heavy atom. The third-order valence-electron chi connectivity index (χ3n) is 9.30. The van der Waals surface area contributed by atoms with Crippen LogP contribution in [0.15, 0.2) is 78.9 Å². The van der Waals surface area contributed by atoms with E-state index in [9.17, 15) is 27.5 Å². The Morgan fingerprint density at radius 2 is 1.71 bits per heavy atom. The predicted octanol–water partition coefficient (Wildman–Crippen LogP) is 9.88. The number of carbonyl (C=O) groups is 1. The number of nitrogens with one attached hydrogen (secondary N) is 2. The molecule has 3 heterocycles. The van der Waals surface area contributed by atoms with Gasteiger partial charge in [-0.2, -0.15) is 0 Å². The van der Waals surface area contributed by atoms with E-state index in [1.54, 1.807) is 24.3 Å². The third kappa shape index (κ3) is 7.31. The first kappa shape index (κ1) is 34.6. The zero-order valence-electron chi connectivity index (χ0n) is 28.3. The van der Waals surface area contributed by atoms with Crippen LogP contribution in [0.4, 0.5) is 45.1 Å². The smallest absolute Gasteiger partial charge is 0.506 e. The Kier molecular flexibility index (Phi) is 8.83. The molecule has 1 fully saturated rings. The molecule has 266 valence electrons. The number of urea groups is 1. The minimum Gasteiger partial charge on any atom is -0.506 e. The largest absolute Gasteiger partial charge is 0.573 e. The summed E-state index contributed by atoms with van der Waals surface area (Å²) in [4.78, 5) is 22.6. The highest BCUT2D eigenvalue weighted by Gasteiger charge is 2.49. The SMILES string of the molecule is CC(C)(C)CN1CCC2(CC1)CN(c1ccccc1NC(=O)Nc1ccc(OC(F)(F)F)cc1)c1c(O)ccc(-c3nc4cc(F)ccc4s3)c12. The number of para-hydroxylation sites is 2. The number of fused-ring (bicyclic) bond motifs is 3. The quantitative estimate of drug-likeness (QED) is 0.152. The van der Waals surface area contributed by atoms with Gasteiger partial charge in [-0.05, 0) is 97.6 Å². The van der Waals surface area contributed by atoms with E-state index < -0.39 is 18.1 Å². The van der Waals surface area contributed by atoms with Gasteiger partial charge in [-0.15, -0.1) is 24.5 Å². The van der Waals surface area contributed by atoms with Gasteiger partial charge in [-0.25, -0.2) is 14.2 Å². The number of carbonyl (C=O) groups excluding carboxylic acids is 1. The lowest BCUT2D eigenvalue weighted by molar-refractivity contribution is -0.274. The van der Waals surface area contributed by atoms with Gasteiger partial charge in [0.1, 0.15) is 22.3 Å². The van der Waals surface area contributed by atoms with Crippen LogP contribution in [0.25, 0.3) is 20.8 Å². The van der Waals surface area contributed by atoms with Crippen molar-refractivity contribution in [2.75, 3.05) is 41.7 Å². The number of aromatic hydroxyl groups is 1. The van der Waals surface area contributed by atoms with Crippen LogP contribution in [0.3, 0.4) is 0 Å². The number of ether oxygens (including phenoxy) is 1. The number of halogens is 4. The summed E-state index contributed by atoms with van der Waals surface area (Å²) in [5, 5.41) is 17.9. The molecular formula is C38H37F4N5O3S. The molecule has 1 saturated heterocycles. The number of aromatic nitrogens is 1. The van der Waals surface area contributed by atoms with Gasteiger partial charge in [-0.3, -0.25) is 0 Å². The molecule has 51 heavy (non-hydrogen) atoms. The fourth-order valence-corrected chi connectivity index (χ4v) is 8.29. The first-order valence-corrected chi connectivity index (χ1v) is 17.4. The number of hydrogen-bond donors (Lipinski definition) is 3. The number of hydrogen-bond acceptors (Lipinski definition) is 7. The molecular weight excluding hydrogens is 683 g/mol. The van der Waals surface area contributed by atoms with Crippen molar-refractivity contribution in [1.82, 2.24) is 9.88 Å². The summed E-state index contributed by atoms with van der Waals surface area (Å²) in [5.74, 6) is -0.665. The van der Waals surface area contributed by atoms with E-state index in [0.29, 0.717) is 29.1 Å². The van der Waals surface area contributed by atoms with Crippen LogP contribution in [-0.2, 0) is 5.41 Å². The van der Waals surface area contributed by atoms with E-state index in [4.69, 9.17) is 4.98 Å². The summed E-state index contributed by atoms with van der Waals surface area (Å²) >= 11 is 1.48. The average Bonchev–Trinajstić information content (AvgIpc) is 3.62. The van der Waals surface area contributed by atoms with Crippen molar-refractivity contribution in [3.63, 3.8) is 0 Å². The molecule has 0 saturated carbocycles. The van der Waals surface area contributed by atoms with E-state index in [1.165, 1.54) is 35.6 Å². The highest BCUT2D eigenvalue weighted by Crippen LogP contribution is 2.57. The average molecular weight is 720 g/mol. The van der Waals surface area contributed by atoms with Crippen LogP contribution in [0, 0.1) is 11.2 Å². The van der Waals surface area contributed by atoms with Crippen molar-refractivity contribution in [2.24, 2.45) is 5.41 Å². The van der Waals surface area contributed by atoms with Crippen molar-refractivity contribution in [2.45, 2.75) is 45.4 Å². The molecule has 0 atom stereocenters. The van der Waals surface area contributed by atoms with E-state index in [1.807, 2.05) is 18.2 Å². The molecule has 0 aliphatic carbocycles. The molecule has 7 rings (SSSR count). The molecule has 0 unspecified atom stereocenters. The number of thiazole rings is 1. The number of anilines is 4. The summed E-state index contributed by atoms with van der Waals surface area (Å²) in [5.41, 5.74) is 4.25. The Hall–Kier alpha value is -4.88. The standard InChI is InChI=1S/C38H37F4N5O3S/c1-36(2,3)21-46-18-16-37(17-19-46)22-47(33-30(48)14-13-26(32(33)37)34-44-28-20-23(39)8-15-31(28)51-34)29-7-5-4-6-27(29)45-35(49)43-24-9-11-25(12-10-24)50-38(40,41)42/h4-15,20,48H,16-19,21-22H2,1-3H3,(H2,43,45,49). The number of likely N-dealkylation sites (tertiary alicyclic amines) is 1. The minimum atomic E-state index is -4.82.